The Bertz CT molecular complexity index is 753. The van der Waals surface area contributed by atoms with Crippen molar-refractivity contribution < 1.29 is 9.66 Å². The van der Waals surface area contributed by atoms with Gasteiger partial charge in [-0.05, 0) is 9.91 Å². The zero-order chi connectivity index (χ0) is 16.6. The zero-order valence-corrected chi connectivity index (χ0v) is 14.4. The monoisotopic (exact) mass is 400 g/mol. The first-order chi connectivity index (χ1) is 10.3. The quantitative estimate of drug-likeness (QED) is 0.276. The van der Waals surface area contributed by atoms with E-state index in [1.165, 1.54) is 19.4 Å². The Morgan fingerprint density at radius 3 is 2.00 bits per heavy atom. The molecule has 22 heavy (non-hydrogen) atoms. The summed E-state index contributed by atoms with van der Waals surface area (Å²) in [4.78, 5) is 13.9. The van der Waals surface area contributed by atoms with Gasteiger partial charge in [0.2, 0.25) is 5.75 Å². The lowest BCUT2D eigenvalue weighted by Gasteiger charge is -2.12. The minimum Gasteiger partial charge on any atom is -0.489 e. The van der Waals surface area contributed by atoms with Gasteiger partial charge in [-0.1, -0.05) is 58.0 Å². The third-order valence-electron chi connectivity index (χ3n) is 2.72. The maximum atomic E-state index is 10.9. The topological polar surface area (TPSA) is 65.3 Å². The Morgan fingerprint density at radius 1 is 1.05 bits per heavy atom. The fraction of sp³-hybridized carbons (Fsp3) is 0.0833. The Morgan fingerprint density at radius 2 is 1.55 bits per heavy atom. The first kappa shape index (κ1) is 17.4. The van der Waals surface area contributed by atoms with Gasteiger partial charge in [-0.25, -0.2) is 0 Å². The van der Waals surface area contributed by atoms with E-state index in [0.717, 1.165) is 0 Å². The van der Waals surface area contributed by atoms with Gasteiger partial charge in [0.15, 0.2) is 0 Å². The largest absolute Gasteiger partial charge is 0.489 e. The van der Waals surface area contributed by atoms with Gasteiger partial charge in [-0.3, -0.25) is 0 Å². The molecule has 0 bridgehead atoms. The lowest BCUT2D eigenvalue weighted by molar-refractivity contribution is -0.390. The second-order valence-corrected chi connectivity index (χ2v) is 5.84. The van der Waals surface area contributed by atoms with E-state index < -0.39 is 10.7 Å². The highest BCUT2D eigenvalue weighted by molar-refractivity contribution is 6.56. The molecule has 0 radical (unpaired) electrons. The predicted molar refractivity (Wildman–Crippen MR) is 87.9 cm³/mol. The van der Waals surface area contributed by atoms with Gasteiger partial charge in [-0.2, -0.15) is 0 Å². The Labute approximate surface area is 149 Å². The van der Waals surface area contributed by atoms with Gasteiger partial charge in [0, 0.05) is 17.2 Å². The average molecular weight is 402 g/mol. The first-order valence-electron chi connectivity index (χ1n) is 5.49. The number of halogens is 5. The fourth-order valence-corrected chi connectivity index (χ4v) is 3.08. The summed E-state index contributed by atoms with van der Waals surface area (Å²) in [5.74, 6) is -0.499. The van der Waals surface area contributed by atoms with Gasteiger partial charge in [0.25, 0.3) is 0 Å². The van der Waals surface area contributed by atoms with Crippen LogP contribution in [0.5, 0.6) is 5.75 Å². The molecular weight excluding hydrogens is 397 g/mol. The fourth-order valence-electron chi connectivity index (χ4n) is 1.72. The number of hydrogen-bond acceptors (Lipinski definition) is 4. The molecule has 116 valence electrons. The highest BCUT2D eigenvalue weighted by atomic mass is 35.5. The molecule has 2 rings (SSSR count). The third kappa shape index (κ3) is 2.92. The predicted octanol–water partition coefficient (Wildman–Crippen LogP) is 5.93. The molecule has 0 atom stereocenters. The zero-order valence-electron chi connectivity index (χ0n) is 10.7. The van der Waals surface area contributed by atoms with Crippen molar-refractivity contribution in [1.29, 1.82) is 0 Å². The van der Waals surface area contributed by atoms with E-state index in [-0.39, 0.29) is 36.4 Å². The SMILES string of the molecule is COc1cc(-c2c(Cl)c(Cl)c(Cl)c(Cl)c2Cl)cnc1[N+](=O)[O-]. The summed E-state index contributed by atoms with van der Waals surface area (Å²) >= 11 is 30.2. The lowest BCUT2D eigenvalue weighted by Crippen LogP contribution is -1.97. The van der Waals surface area contributed by atoms with Crippen molar-refractivity contribution in [3.05, 3.63) is 47.5 Å². The standard InChI is InChI=1S/C12H5Cl5N2O3/c1-22-5-2-4(3-18-12(5)19(20)21)6-7(13)9(15)11(17)10(16)8(6)14/h2-3H,1H3. The summed E-state index contributed by atoms with van der Waals surface area (Å²) in [6, 6.07) is 1.36. The number of pyridine rings is 1. The van der Waals surface area contributed by atoms with Crippen LogP contribution < -0.4 is 4.74 Å². The van der Waals surface area contributed by atoms with Crippen LogP contribution in [0.1, 0.15) is 0 Å². The van der Waals surface area contributed by atoms with Crippen LogP contribution in [0.2, 0.25) is 25.1 Å². The number of benzene rings is 1. The van der Waals surface area contributed by atoms with Crippen LogP contribution in [0.3, 0.4) is 0 Å². The molecule has 0 spiro atoms. The van der Waals surface area contributed by atoms with Crippen LogP contribution in [0.25, 0.3) is 11.1 Å². The second kappa shape index (κ2) is 6.64. The van der Waals surface area contributed by atoms with E-state index in [9.17, 15) is 10.1 Å². The number of hydrogen-bond donors (Lipinski definition) is 0. The van der Waals surface area contributed by atoms with Gasteiger partial charge >= 0.3 is 5.82 Å². The molecule has 0 amide bonds. The van der Waals surface area contributed by atoms with E-state index in [1.807, 2.05) is 0 Å². The van der Waals surface area contributed by atoms with E-state index in [1.54, 1.807) is 0 Å². The highest BCUT2D eigenvalue weighted by Crippen LogP contribution is 2.48. The van der Waals surface area contributed by atoms with Crippen LogP contribution >= 0.6 is 58.0 Å². The lowest BCUT2D eigenvalue weighted by atomic mass is 10.1. The minimum absolute atomic E-state index is 0.0175. The van der Waals surface area contributed by atoms with Gasteiger partial charge in [0.05, 0.1) is 32.2 Å². The smallest absolute Gasteiger partial charge is 0.406 e. The number of methoxy groups -OCH3 is 1. The molecule has 1 aromatic heterocycles. The second-order valence-electron chi connectivity index (χ2n) is 3.95. The molecule has 0 fully saturated rings. The average Bonchev–Trinajstić information content (AvgIpc) is 2.50. The summed E-state index contributed by atoms with van der Waals surface area (Å²) in [6.07, 6.45) is 1.22. The maximum Gasteiger partial charge on any atom is 0.406 e. The summed E-state index contributed by atoms with van der Waals surface area (Å²) in [7, 11) is 1.28. The maximum absolute atomic E-state index is 10.9. The number of rotatable bonds is 3. The van der Waals surface area contributed by atoms with Crippen molar-refractivity contribution in [3.63, 3.8) is 0 Å². The summed E-state index contributed by atoms with van der Waals surface area (Å²) < 4.78 is 4.95. The molecule has 0 aliphatic rings. The van der Waals surface area contributed by atoms with E-state index in [4.69, 9.17) is 62.7 Å². The van der Waals surface area contributed by atoms with Crippen LogP contribution in [0, 0.1) is 10.1 Å². The molecule has 1 heterocycles. The van der Waals surface area contributed by atoms with Crippen LogP contribution in [0.15, 0.2) is 12.3 Å². The molecule has 0 unspecified atom stereocenters. The van der Waals surface area contributed by atoms with Crippen molar-refractivity contribution in [3.8, 4) is 16.9 Å². The molecule has 0 aliphatic carbocycles. The third-order valence-corrected chi connectivity index (χ3v) is 5.00. The van der Waals surface area contributed by atoms with E-state index >= 15 is 0 Å². The molecule has 0 N–H and O–H groups in total. The highest BCUT2D eigenvalue weighted by Gasteiger charge is 2.24. The Hall–Kier alpha value is -0.980. The Balaban J connectivity index is 2.75. The van der Waals surface area contributed by atoms with Crippen LogP contribution in [-0.4, -0.2) is 17.0 Å². The number of nitrogens with zero attached hydrogens (tertiary/aromatic N) is 2. The van der Waals surface area contributed by atoms with E-state index in [0.29, 0.717) is 5.56 Å². The minimum atomic E-state index is -0.673. The molecule has 0 saturated heterocycles. The van der Waals surface area contributed by atoms with Crippen molar-refractivity contribution in [2.45, 2.75) is 0 Å². The first-order valence-corrected chi connectivity index (χ1v) is 7.38. The summed E-state index contributed by atoms with van der Waals surface area (Å²) in [5.41, 5.74) is 0.598. The number of ether oxygens (including phenoxy) is 1. The number of aromatic nitrogens is 1. The summed E-state index contributed by atoms with van der Waals surface area (Å²) in [6.45, 7) is 0. The summed E-state index contributed by atoms with van der Waals surface area (Å²) in [5, 5.41) is 11.0. The van der Waals surface area contributed by atoms with Crippen molar-refractivity contribution in [1.82, 2.24) is 4.98 Å². The van der Waals surface area contributed by atoms with Crippen molar-refractivity contribution >= 4 is 63.8 Å². The molecule has 2 aromatic rings. The van der Waals surface area contributed by atoms with Crippen molar-refractivity contribution in [2.75, 3.05) is 7.11 Å². The van der Waals surface area contributed by atoms with Crippen LogP contribution in [-0.2, 0) is 0 Å². The molecule has 0 aliphatic heterocycles. The molecule has 1 aromatic carbocycles. The van der Waals surface area contributed by atoms with E-state index in [2.05, 4.69) is 4.98 Å². The molecular formula is C12H5Cl5N2O3. The normalized spacial score (nSPS) is 10.6. The molecule has 5 nitrogen and oxygen atoms in total. The van der Waals surface area contributed by atoms with Gasteiger partial charge in [0.1, 0.15) is 6.20 Å². The Kier molecular flexibility index (Phi) is 5.25. The van der Waals surface area contributed by atoms with Crippen molar-refractivity contribution in [2.24, 2.45) is 0 Å². The van der Waals surface area contributed by atoms with Gasteiger partial charge in [-0.15, -0.1) is 0 Å². The molecule has 10 heteroatoms. The molecule has 0 saturated carbocycles. The van der Waals surface area contributed by atoms with Crippen LogP contribution in [0.4, 0.5) is 5.82 Å². The number of nitro groups is 1. The van der Waals surface area contributed by atoms with Gasteiger partial charge < -0.3 is 14.9 Å².